The molecule has 1 fully saturated rings. The summed E-state index contributed by atoms with van der Waals surface area (Å²) in [4.78, 5) is 16.6. The molecule has 1 aliphatic rings. The second kappa shape index (κ2) is 7.74. The van der Waals surface area contributed by atoms with Crippen molar-refractivity contribution in [3.05, 3.63) is 70.5 Å². The van der Waals surface area contributed by atoms with Crippen LogP contribution < -0.4 is 5.73 Å². The Balaban J connectivity index is 1.87. The van der Waals surface area contributed by atoms with Crippen LogP contribution in [0.15, 0.2) is 48.5 Å². The summed E-state index contributed by atoms with van der Waals surface area (Å²) in [6.45, 7) is 0.954. The third kappa shape index (κ3) is 3.61. The first-order valence-electron chi connectivity index (χ1n) is 8.59. The highest BCUT2D eigenvalue weighted by Gasteiger charge is 2.39. The predicted molar refractivity (Wildman–Crippen MR) is 102 cm³/mol. The van der Waals surface area contributed by atoms with Gasteiger partial charge >= 0.3 is 0 Å². The molecule has 3 atom stereocenters. The molecule has 2 N–H and O–H groups in total. The van der Waals surface area contributed by atoms with Crippen LogP contribution in [0.25, 0.3) is 0 Å². The van der Waals surface area contributed by atoms with Gasteiger partial charge in [0.1, 0.15) is 11.9 Å². The molecule has 1 aliphatic heterocycles. The summed E-state index contributed by atoms with van der Waals surface area (Å²) in [7, 11) is 3.49. The number of hydrogen-bond donors (Lipinski definition) is 1. The molecule has 2 aromatic rings. The molecule has 4 nitrogen and oxygen atoms in total. The zero-order valence-corrected chi connectivity index (χ0v) is 15.7. The van der Waals surface area contributed by atoms with Crippen LogP contribution in [0.2, 0.25) is 5.02 Å². The Morgan fingerprint density at radius 2 is 1.88 bits per heavy atom. The summed E-state index contributed by atoms with van der Waals surface area (Å²) >= 11 is 6.21. The normalized spacial score (nSPS) is 21.2. The van der Waals surface area contributed by atoms with Gasteiger partial charge in [-0.2, -0.15) is 0 Å². The molecular weight excluding hydrogens is 353 g/mol. The van der Waals surface area contributed by atoms with E-state index in [1.54, 1.807) is 30.0 Å². The lowest BCUT2D eigenvalue weighted by Gasteiger charge is -2.29. The average Bonchev–Trinajstić information content (AvgIpc) is 3.00. The Kier molecular flexibility index (Phi) is 5.61. The number of nitrogens with two attached hydrogens (primary N) is 1. The number of benzene rings is 2. The molecule has 0 aromatic heterocycles. The number of likely N-dealkylation sites (tertiary alicyclic amines) is 1. The number of carbonyl (C=O) groups is 1. The van der Waals surface area contributed by atoms with E-state index in [1.807, 2.05) is 30.3 Å². The molecule has 0 spiro atoms. The average molecular weight is 376 g/mol. The molecular formula is C20H23ClFN3O. The number of halogens is 2. The molecule has 0 radical (unpaired) electrons. The summed E-state index contributed by atoms with van der Waals surface area (Å²) in [6.07, 6.45) is 0. The Bertz CT molecular complexity index is 764. The second-order valence-electron chi connectivity index (χ2n) is 6.93. The zero-order chi connectivity index (χ0) is 18.8. The first-order valence-corrected chi connectivity index (χ1v) is 8.97. The fourth-order valence-electron chi connectivity index (χ4n) is 3.61. The van der Waals surface area contributed by atoms with Gasteiger partial charge in [-0.15, -0.1) is 0 Å². The van der Waals surface area contributed by atoms with Crippen molar-refractivity contribution in [1.82, 2.24) is 9.80 Å². The summed E-state index contributed by atoms with van der Waals surface area (Å²) < 4.78 is 14.4. The summed E-state index contributed by atoms with van der Waals surface area (Å²) in [5.41, 5.74) is 7.63. The van der Waals surface area contributed by atoms with Gasteiger partial charge in [0.2, 0.25) is 5.91 Å². The van der Waals surface area contributed by atoms with Crippen LogP contribution in [0.3, 0.4) is 0 Å². The number of nitrogens with zero attached hydrogens (tertiary/aromatic N) is 2. The molecule has 2 aromatic carbocycles. The Hall–Kier alpha value is -1.95. The van der Waals surface area contributed by atoms with Gasteiger partial charge in [0, 0.05) is 35.6 Å². The molecule has 138 valence electrons. The molecule has 1 heterocycles. The number of rotatable bonds is 4. The van der Waals surface area contributed by atoms with E-state index in [9.17, 15) is 9.18 Å². The monoisotopic (exact) mass is 375 g/mol. The van der Waals surface area contributed by atoms with Crippen LogP contribution in [0, 0.1) is 5.82 Å². The molecule has 0 bridgehead atoms. The molecule has 3 rings (SSSR count). The molecule has 1 saturated heterocycles. The molecule has 26 heavy (non-hydrogen) atoms. The van der Waals surface area contributed by atoms with E-state index in [0.29, 0.717) is 13.1 Å². The van der Waals surface area contributed by atoms with Gasteiger partial charge in [-0.25, -0.2) is 4.39 Å². The maximum atomic E-state index is 14.4. The molecule has 0 aliphatic carbocycles. The zero-order valence-electron chi connectivity index (χ0n) is 14.9. The first kappa shape index (κ1) is 18.8. The minimum atomic E-state index is -0.787. The van der Waals surface area contributed by atoms with E-state index in [2.05, 4.69) is 0 Å². The highest BCUT2D eigenvalue weighted by atomic mass is 35.5. The third-order valence-corrected chi connectivity index (χ3v) is 5.26. The van der Waals surface area contributed by atoms with Crippen molar-refractivity contribution in [1.29, 1.82) is 0 Å². The predicted octanol–water partition coefficient (Wildman–Crippen LogP) is 3.04. The van der Waals surface area contributed by atoms with E-state index in [-0.39, 0.29) is 28.5 Å². The van der Waals surface area contributed by atoms with Crippen LogP contribution in [0.1, 0.15) is 23.1 Å². The van der Waals surface area contributed by atoms with Crippen LogP contribution in [-0.2, 0) is 4.79 Å². The minimum Gasteiger partial charge on any atom is -0.339 e. The lowest BCUT2D eigenvalue weighted by Crippen LogP contribution is -2.41. The third-order valence-electron chi connectivity index (χ3n) is 4.93. The van der Waals surface area contributed by atoms with Gasteiger partial charge in [-0.1, -0.05) is 48.0 Å². The van der Waals surface area contributed by atoms with Crippen molar-refractivity contribution in [3.63, 3.8) is 0 Å². The highest BCUT2D eigenvalue weighted by molar-refractivity contribution is 6.31. The van der Waals surface area contributed by atoms with Crippen molar-refractivity contribution < 1.29 is 9.18 Å². The maximum absolute atomic E-state index is 14.4. The van der Waals surface area contributed by atoms with Crippen LogP contribution in [-0.4, -0.2) is 48.9 Å². The van der Waals surface area contributed by atoms with Crippen molar-refractivity contribution in [2.75, 3.05) is 27.2 Å². The van der Waals surface area contributed by atoms with Gasteiger partial charge in [0.25, 0.3) is 0 Å². The highest BCUT2D eigenvalue weighted by Crippen LogP contribution is 2.33. The van der Waals surface area contributed by atoms with Gasteiger partial charge < -0.3 is 10.6 Å². The van der Waals surface area contributed by atoms with Crippen molar-refractivity contribution in [2.24, 2.45) is 5.73 Å². The minimum absolute atomic E-state index is 0.0686. The SMILES string of the molecule is CN(C)C(C(=O)N1C[C@@H](N)[C@H](c2ccccc2)C1)c1c(F)cccc1Cl. The van der Waals surface area contributed by atoms with E-state index in [1.165, 1.54) is 12.1 Å². The van der Waals surface area contributed by atoms with E-state index in [4.69, 9.17) is 17.3 Å². The van der Waals surface area contributed by atoms with E-state index >= 15 is 0 Å². The Labute approximate surface area is 158 Å². The van der Waals surface area contributed by atoms with Gasteiger partial charge in [0.05, 0.1) is 0 Å². The van der Waals surface area contributed by atoms with Gasteiger partial charge in [-0.3, -0.25) is 9.69 Å². The summed E-state index contributed by atoms with van der Waals surface area (Å²) in [6, 6.07) is 13.5. The topological polar surface area (TPSA) is 49.6 Å². The lowest BCUT2D eigenvalue weighted by molar-refractivity contribution is -0.135. The fourth-order valence-corrected chi connectivity index (χ4v) is 3.88. The number of hydrogen-bond acceptors (Lipinski definition) is 3. The lowest BCUT2D eigenvalue weighted by atomic mass is 9.95. The standard InChI is InChI=1S/C20H23ClFN3O/c1-24(2)19(18-15(21)9-6-10-16(18)22)20(26)25-11-14(17(23)12-25)13-7-4-3-5-8-13/h3-10,14,17,19H,11-12,23H2,1-2H3/t14-,17+,19?/m0/s1. The quantitative estimate of drug-likeness (QED) is 0.893. The smallest absolute Gasteiger partial charge is 0.244 e. The van der Waals surface area contributed by atoms with Crippen molar-refractivity contribution in [2.45, 2.75) is 18.0 Å². The molecule has 1 unspecified atom stereocenters. The number of carbonyl (C=O) groups excluding carboxylic acids is 1. The van der Waals surface area contributed by atoms with Crippen molar-refractivity contribution >= 4 is 17.5 Å². The van der Waals surface area contributed by atoms with Gasteiger partial charge in [-0.05, 0) is 31.8 Å². The largest absolute Gasteiger partial charge is 0.339 e. The number of likely N-dealkylation sites (N-methyl/N-ethyl adjacent to an activating group) is 1. The maximum Gasteiger partial charge on any atom is 0.244 e. The van der Waals surface area contributed by atoms with Crippen molar-refractivity contribution in [3.8, 4) is 0 Å². The van der Waals surface area contributed by atoms with E-state index in [0.717, 1.165) is 5.56 Å². The summed E-state index contributed by atoms with van der Waals surface area (Å²) in [5, 5.41) is 0.250. The van der Waals surface area contributed by atoms with E-state index < -0.39 is 11.9 Å². The van der Waals surface area contributed by atoms with Crippen LogP contribution in [0.5, 0.6) is 0 Å². The Morgan fingerprint density at radius 1 is 1.19 bits per heavy atom. The van der Waals surface area contributed by atoms with Crippen LogP contribution in [0.4, 0.5) is 4.39 Å². The summed E-state index contributed by atoms with van der Waals surface area (Å²) in [5.74, 6) is -0.595. The number of amides is 1. The Morgan fingerprint density at radius 3 is 2.50 bits per heavy atom. The van der Waals surface area contributed by atoms with Gasteiger partial charge in [0.15, 0.2) is 0 Å². The molecule has 1 amide bonds. The first-order chi connectivity index (χ1) is 12.4. The molecule has 0 saturated carbocycles. The van der Waals surface area contributed by atoms with Crippen LogP contribution >= 0.6 is 11.6 Å². The fraction of sp³-hybridized carbons (Fsp3) is 0.350. The second-order valence-corrected chi connectivity index (χ2v) is 7.33. The molecule has 6 heteroatoms.